The first-order chi connectivity index (χ1) is 23.2. The van der Waals surface area contributed by atoms with Gasteiger partial charge in [-0.1, -0.05) is 87.5 Å². The quantitative estimate of drug-likeness (QED) is 0.112. The minimum atomic E-state index is -0.958. The predicted octanol–water partition coefficient (Wildman–Crippen LogP) is 7.06. The number of carboxylic acids is 1. The second-order valence-electron chi connectivity index (χ2n) is 13.6. The van der Waals surface area contributed by atoms with Crippen molar-refractivity contribution in [2.45, 2.75) is 157 Å². The average molecular weight is 732 g/mol. The SMILES string of the molecule is CC.CC(=O)O.CCCCCCCC(C)C(CC)NC.CN[C@H](CN1Cc2sccc2S1=O)C(C)(C)C.C[C@@H]1CCCN1C(=O)CNC=O. The number of carboxylic acid groups (broad SMARTS) is 1. The number of carbonyl (C=O) groups excluding carboxylic acids is 2. The molecule has 0 aliphatic carbocycles. The van der Waals surface area contributed by atoms with Crippen LogP contribution < -0.4 is 16.0 Å². The van der Waals surface area contributed by atoms with Crippen LogP contribution >= 0.6 is 11.3 Å². The maximum Gasteiger partial charge on any atom is 0.300 e. The van der Waals surface area contributed by atoms with Crippen molar-refractivity contribution < 1.29 is 23.7 Å². The fourth-order valence-corrected chi connectivity index (χ4v) is 8.35. The highest BCUT2D eigenvalue weighted by Crippen LogP contribution is 2.32. The second kappa shape index (κ2) is 28.8. The lowest BCUT2D eigenvalue weighted by atomic mass is 9.87. The molecule has 0 radical (unpaired) electrons. The molecule has 2 aliphatic heterocycles. The molecule has 0 spiro atoms. The Labute approximate surface area is 306 Å². The molecule has 1 saturated heterocycles. The molecule has 1 fully saturated rings. The molecule has 1 aromatic rings. The van der Waals surface area contributed by atoms with Crippen molar-refractivity contribution >= 4 is 40.6 Å². The lowest BCUT2D eigenvalue weighted by molar-refractivity contribution is -0.134. The van der Waals surface area contributed by atoms with Gasteiger partial charge in [0.1, 0.15) is 11.0 Å². The zero-order valence-corrected chi connectivity index (χ0v) is 34.7. The molecular formula is C37H73N5O5S2. The average Bonchev–Trinajstić information content (AvgIpc) is 3.78. The van der Waals surface area contributed by atoms with Gasteiger partial charge in [-0.05, 0) is 69.5 Å². The third-order valence-electron chi connectivity index (χ3n) is 8.70. The number of hydrogen-bond acceptors (Lipinski definition) is 7. The first kappa shape index (κ1) is 49.3. The monoisotopic (exact) mass is 732 g/mol. The van der Waals surface area contributed by atoms with E-state index in [1.165, 1.54) is 49.8 Å². The number of aliphatic carboxylic acids is 1. The largest absolute Gasteiger partial charge is 0.481 e. The lowest BCUT2D eigenvalue weighted by Gasteiger charge is -2.33. The van der Waals surface area contributed by atoms with Crippen molar-refractivity contribution in [3.05, 3.63) is 16.3 Å². The van der Waals surface area contributed by atoms with Crippen LogP contribution in [-0.2, 0) is 31.9 Å². The minimum absolute atomic E-state index is 0.0205. The molecule has 12 heteroatoms. The molecule has 0 saturated carbocycles. The van der Waals surface area contributed by atoms with Crippen LogP contribution in [0.1, 0.15) is 132 Å². The number of rotatable bonds is 15. The molecule has 1 aromatic heterocycles. The molecule has 0 aromatic carbocycles. The third kappa shape index (κ3) is 21.2. The van der Waals surface area contributed by atoms with Crippen LogP contribution in [0.3, 0.4) is 0 Å². The highest BCUT2D eigenvalue weighted by Gasteiger charge is 2.33. The van der Waals surface area contributed by atoms with Gasteiger partial charge in [-0.25, -0.2) is 8.51 Å². The minimum Gasteiger partial charge on any atom is -0.481 e. The highest BCUT2D eigenvalue weighted by molar-refractivity contribution is 7.83. The fraction of sp³-hybridized carbons (Fsp3) is 0.811. The number of carbonyl (C=O) groups is 3. The van der Waals surface area contributed by atoms with Crippen molar-refractivity contribution in [2.24, 2.45) is 11.3 Å². The number of likely N-dealkylation sites (tertiary alicyclic amines) is 1. The van der Waals surface area contributed by atoms with Crippen LogP contribution in [-0.4, -0.2) is 88.7 Å². The van der Waals surface area contributed by atoms with Gasteiger partial charge in [-0.2, -0.15) is 0 Å². The number of hydrogen-bond donors (Lipinski definition) is 4. The Morgan fingerprint density at radius 3 is 2.18 bits per heavy atom. The van der Waals surface area contributed by atoms with Gasteiger partial charge in [-0.15, -0.1) is 11.3 Å². The summed E-state index contributed by atoms with van der Waals surface area (Å²) >= 11 is 1.71. The van der Waals surface area contributed by atoms with Gasteiger partial charge in [-0.3, -0.25) is 14.4 Å². The van der Waals surface area contributed by atoms with Crippen LogP contribution in [0.5, 0.6) is 0 Å². The van der Waals surface area contributed by atoms with E-state index in [9.17, 15) is 13.8 Å². The van der Waals surface area contributed by atoms with Crippen LogP contribution in [0.2, 0.25) is 0 Å². The molecule has 4 N–H and O–H groups in total. The lowest BCUT2D eigenvalue weighted by Crippen LogP contribution is -2.46. The summed E-state index contributed by atoms with van der Waals surface area (Å²) in [6.45, 7) is 23.3. The van der Waals surface area contributed by atoms with E-state index in [0.717, 1.165) is 56.3 Å². The zero-order valence-electron chi connectivity index (χ0n) is 33.0. The van der Waals surface area contributed by atoms with E-state index in [0.29, 0.717) is 18.5 Å². The number of amides is 2. The van der Waals surface area contributed by atoms with E-state index >= 15 is 0 Å². The van der Waals surface area contributed by atoms with Crippen LogP contribution in [0.4, 0.5) is 0 Å². The molecule has 3 heterocycles. The standard InChI is InChI=1S/C13H29N.C12H20N2OS2.C8H14N2O2.C2H4O2.C2H6/c1-5-7-8-9-10-11-12(3)13(6-2)14-4;1-12(2,3)11(13-4)8-14-7-9-10(17(14)15)5-6-16-9;1-7-3-2-4-10(7)8(12)5-9-6-11;1-2(3)4;1-2/h12-14H,5-11H2,1-4H3;5-6,11,13H,7-8H2,1-4H3;6-7H,2-5H2,1H3,(H,9,11);1H3,(H,3,4);1-2H3/t;11-,17?;7-;;/m.11../s1. The summed E-state index contributed by atoms with van der Waals surface area (Å²) in [7, 11) is 3.10. The number of likely N-dealkylation sites (N-methyl/N-ethyl adjacent to an activating group) is 1. The van der Waals surface area contributed by atoms with E-state index in [1.54, 1.807) is 11.3 Å². The summed E-state index contributed by atoms with van der Waals surface area (Å²) in [5, 5.41) is 18.6. The van der Waals surface area contributed by atoms with E-state index < -0.39 is 17.0 Å². The summed E-state index contributed by atoms with van der Waals surface area (Å²) in [6.07, 6.45) is 12.4. The molecule has 0 bridgehead atoms. The van der Waals surface area contributed by atoms with Gasteiger partial charge in [0.05, 0.1) is 11.4 Å². The van der Waals surface area contributed by atoms with Gasteiger partial charge in [0.25, 0.3) is 5.97 Å². The zero-order chi connectivity index (χ0) is 38.0. The Morgan fingerprint density at radius 2 is 1.73 bits per heavy atom. The van der Waals surface area contributed by atoms with Crippen LogP contribution in [0.15, 0.2) is 16.3 Å². The van der Waals surface area contributed by atoms with Crippen molar-refractivity contribution in [3.63, 3.8) is 0 Å². The summed E-state index contributed by atoms with van der Waals surface area (Å²) in [5.74, 6) is 0.0266. The van der Waals surface area contributed by atoms with Gasteiger partial charge in [0.15, 0.2) is 0 Å². The molecule has 10 nitrogen and oxygen atoms in total. The molecular weight excluding hydrogens is 659 g/mol. The number of unbranched alkanes of at least 4 members (excludes halogenated alkanes) is 4. The Hall–Kier alpha value is -1.86. The number of nitrogens with zero attached hydrogens (tertiary/aromatic N) is 2. The van der Waals surface area contributed by atoms with Crippen molar-refractivity contribution in [1.29, 1.82) is 0 Å². The first-order valence-corrected chi connectivity index (χ1v) is 20.4. The summed E-state index contributed by atoms with van der Waals surface area (Å²) in [5.41, 5.74) is 0.176. The summed E-state index contributed by atoms with van der Waals surface area (Å²) in [4.78, 5) is 34.3. The summed E-state index contributed by atoms with van der Waals surface area (Å²) in [6, 6.07) is 3.40. The highest BCUT2D eigenvalue weighted by atomic mass is 32.2. The first-order valence-electron chi connectivity index (χ1n) is 18.4. The third-order valence-corrected chi connectivity index (χ3v) is 11.2. The van der Waals surface area contributed by atoms with Gasteiger partial charge in [0, 0.05) is 49.6 Å². The fourth-order valence-electron chi connectivity index (χ4n) is 5.79. The number of nitrogens with one attached hydrogen (secondary N) is 3. The molecule has 288 valence electrons. The van der Waals surface area contributed by atoms with E-state index in [4.69, 9.17) is 9.90 Å². The molecule has 3 unspecified atom stereocenters. The Bertz CT molecular complexity index is 1030. The van der Waals surface area contributed by atoms with E-state index in [2.05, 4.69) is 68.8 Å². The van der Waals surface area contributed by atoms with Crippen molar-refractivity contribution in [1.82, 2.24) is 25.2 Å². The van der Waals surface area contributed by atoms with E-state index in [-0.39, 0.29) is 17.9 Å². The Kier molecular flexibility index (Phi) is 28.9. The van der Waals surface area contributed by atoms with Gasteiger partial charge in [0.2, 0.25) is 12.3 Å². The molecule has 5 atom stereocenters. The number of thiophene rings is 1. The molecule has 2 aliphatic rings. The number of fused-ring (bicyclic) bond motifs is 1. The van der Waals surface area contributed by atoms with Crippen molar-refractivity contribution in [3.8, 4) is 0 Å². The molecule has 3 rings (SSSR count). The van der Waals surface area contributed by atoms with Gasteiger partial charge >= 0.3 is 0 Å². The molecule has 2 amide bonds. The summed E-state index contributed by atoms with van der Waals surface area (Å²) < 4.78 is 14.3. The van der Waals surface area contributed by atoms with Gasteiger partial charge < -0.3 is 26.0 Å². The maximum atomic E-state index is 12.3. The Balaban J connectivity index is 0. The molecule has 49 heavy (non-hydrogen) atoms. The smallest absolute Gasteiger partial charge is 0.300 e. The topological polar surface area (TPSA) is 131 Å². The van der Waals surface area contributed by atoms with Crippen LogP contribution in [0.25, 0.3) is 0 Å². The van der Waals surface area contributed by atoms with Crippen molar-refractivity contribution in [2.75, 3.05) is 33.7 Å². The maximum absolute atomic E-state index is 12.3. The predicted molar refractivity (Wildman–Crippen MR) is 208 cm³/mol. The second-order valence-corrected chi connectivity index (χ2v) is 16.0. The normalized spacial score (nSPS) is 18.4. The van der Waals surface area contributed by atoms with Crippen LogP contribution in [0, 0.1) is 11.3 Å². The van der Waals surface area contributed by atoms with E-state index in [1.807, 2.05) is 44.2 Å². The Morgan fingerprint density at radius 1 is 1.12 bits per heavy atom.